The fourth-order valence-electron chi connectivity index (χ4n) is 3.88. The molecule has 0 atom stereocenters. The Morgan fingerprint density at radius 2 is 1.57 bits per heavy atom. The van der Waals surface area contributed by atoms with Crippen LogP contribution in [0.1, 0.15) is 12.0 Å². The molecule has 156 valence electrons. The molecular formula is C22H25N5O3. The molecule has 2 aliphatic rings. The van der Waals surface area contributed by atoms with Crippen LogP contribution in [0.15, 0.2) is 54.5 Å². The van der Waals surface area contributed by atoms with Crippen LogP contribution in [0.25, 0.3) is 5.57 Å². The number of nitrogens with zero attached hydrogens (tertiary/aromatic N) is 5. The van der Waals surface area contributed by atoms with Gasteiger partial charge in [-0.25, -0.2) is 9.97 Å². The van der Waals surface area contributed by atoms with Gasteiger partial charge in [-0.2, -0.15) is 0 Å². The molecule has 2 amide bonds. The number of imide groups is 1. The first-order valence-corrected chi connectivity index (χ1v) is 10.1. The predicted octanol–water partition coefficient (Wildman–Crippen LogP) is 1.42. The lowest BCUT2D eigenvalue weighted by molar-refractivity contribution is -0.137. The van der Waals surface area contributed by atoms with Gasteiger partial charge in [0.25, 0.3) is 11.8 Å². The van der Waals surface area contributed by atoms with Crippen LogP contribution in [0.2, 0.25) is 0 Å². The van der Waals surface area contributed by atoms with Gasteiger partial charge in [0.1, 0.15) is 5.70 Å². The van der Waals surface area contributed by atoms with Gasteiger partial charge in [-0.1, -0.05) is 30.3 Å². The highest BCUT2D eigenvalue weighted by Crippen LogP contribution is 2.32. The normalized spacial score (nSPS) is 17.3. The molecule has 0 spiro atoms. The number of benzene rings is 1. The quantitative estimate of drug-likeness (QED) is 0.507. The van der Waals surface area contributed by atoms with E-state index in [0.29, 0.717) is 63.0 Å². The van der Waals surface area contributed by atoms with E-state index >= 15 is 0 Å². The molecule has 0 saturated carbocycles. The van der Waals surface area contributed by atoms with Gasteiger partial charge < -0.3 is 14.5 Å². The van der Waals surface area contributed by atoms with Gasteiger partial charge >= 0.3 is 0 Å². The Morgan fingerprint density at radius 1 is 0.900 bits per heavy atom. The molecule has 2 aromatic rings. The van der Waals surface area contributed by atoms with Crippen molar-refractivity contribution in [1.82, 2.24) is 19.8 Å². The maximum atomic E-state index is 13.3. The number of carbonyl (C=O) groups is 2. The number of piperazine rings is 1. The third-order valence-corrected chi connectivity index (χ3v) is 5.37. The van der Waals surface area contributed by atoms with Crippen molar-refractivity contribution in [2.45, 2.75) is 6.42 Å². The summed E-state index contributed by atoms with van der Waals surface area (Å²) in [6.07, 6.45) is 4.06. The van der Waals surface area contributed by atoms with E-state index in [2.05, 4.69) is 14.9 Å². The number of hydrogen-bond acceptors (Lipinski definition) is 7. The number of methoxy groups -OCH3 is 1. The summed E-state index contributed by atoms with van der Waals surface area (Å²) in [5.41, 5.74) is 1.76. The van der Waals surface area contributed by atoms with E-state index in [4.69, 9.17) is 4.74 Å². The van der Waals surface area contributed by atoms with Crippen molar-refractivity contribution in [2.75, 3.05) is 51.3 Å². The molecule has 8 nitrogen and oxygen atoms in total. The first-order valence-electron chi connectivity index (χ1n) is 10.1. The van der Waals surface area contributed by atoms with E-state index < -0.39 is 0 Å². The lowest BCUT2D eigenvalue weighted by atomic mass is 10.0. The fourth-order valence-corrected chi connectivity index (χ4v) is 3.88. The summed E-state index contributed by atoms with van der Waals surface area (Å²) >= 11 is 0. The molecule has 1 fully saturated rings. The molecule has 3 heterocycles. The first-order chi connectivity index (χ1) is 14.7. The van der Waals surface area contributed by atoms with E-state index in [1.54, 1.807) is 25.6 Å². The van der Waals surface area contributed by atoms with E-state index in [9.17, 15) is 9.59 Å². The summed E-state index contributed by atoms with van der Waals surface area (Å²) in [6, 6.07) is 11.2. The maximum Gasteiger partial charge on any atom is 0.277 e. The van der Waals surface area contributed by atoms with Gasteiger partial charge in [0.15, 0.2) is 0 Å². The molecule has 30 heavy (non-hydrogen) atoms. The van der Waals surface area contributed by atoms with Gasteiger partial charge in [-0.05, 0) is 18.1 Å². The van der Waals surface area contributed by atoms with Crippen LogP contribution >= 0.6 is 0 Å². The Hall–Kier alpha value is -3.26. The Kier molecular flexibility index (Phi) is 6.04. The summed E-state index contributed by atoms with van der Waals surface area (Å²) < 4.78 is 5.09. The van der Waals surface area contributed by atoms with E-state index in [1.165, 1.54) is 4.90 Å². The van der Waals surface area contributed by atoms with Crippen LogP contribution < -0.4 is 4.90 Å². The highest BCUT2D eigenvalue weighted by Gasteiger charge is 2.41. The zero-order valence-corrected chi connectivity index (χ0v) is 17.0. The number of hydrogen-bond donors (Lipinski definition) is 0. The summed E-state index contributed by atoms with van der Waals surface area (Å²) in [6.45, 7) is 3.46. The van der Waals surface area contributed by atoms with Crippen molar-refractivity contribution in [1.29, 1.82) is 0 Å². The van der Waals surface area contributed by atoms with Gasteiger partial charge in [0.2, 0.25) is 5.95 Å². The van der Waals surface area contributed by atoms with Crippen molar-refractivity contribution in [3.05, 3.63) is 60.1 Å². The number of rotatable bonds is 7. The van der Waals surface area contributed by atoms with Crippen molar-refractivity contribution < 1.29 is 14.3 Å². The topological polar surface area (TPSA) is 78.9 Å². The van der Waals surface area contributed by atoms with Crippen LogP contribution in [-0.2, 0) is 14.3 Å². The summed E-state index contributed by atoms with van der Waals surface area (Å²) in [7, 11) is 1.61. The minimum absolute atomic E-state index is 0.223. The first kappa shape index (κ1) is 20.0. The van der Waals surface area contributed by atoms with Crippen molar-refractivity contribution in [2.24, 2.45) is 0 Å². The number of carbonyl (C=O) groups excluding carboxylic acids is 2. The largest absolute Gasteiger partial charge is 0.385 e. The molecule has 0 bridgehead atoms. The van der Waals surface area contributed by atoms with Crippen molar-refractivity contribution >= 4 is 23.3 Å². The molecule has 1 aromatic heterocycles. The number of ether oxygens (including phenoxy) is 1. The number of anilines is 1. The third kappa shape index (κ3) is 3.91. The highest BCUT2D eigenvalue weighted by molar-refractivity contribution is 6.35. The smallest absolute Gasteiger partial charge is 0.277 e. The van der Waals surface area contributed by atoms with Gasteiger partial charge in [-0.15, -0.1) is 0 Å². The Bertz CT molecular complexity index is 924. The molecule has 2 aliphatic heterocycles. The zero-order chi connectivity index (χ0) is 20.9. The van der Waals surface area contributed by atoms with Gasteiger partial charge in [0.05, 0.1) is 5.57 Å². The predicted molar refractivity (Wildman–Crippen MR) is 112 cm³/mol. The summed E-state index contributed by atoms with van der Waals surface area (Å²) in [4.78, 5) is 40.6. The molecule has 0 aliphatic carbocycles. The van der Waals surface area contributed by atoms with Crippen LogP contribution in [0.5, 0.6) is 0 Å². The average molecular weight is 407 g/mol. The summed E-state index contributed by atoms with van der Waals surface area (Å²) in [5.74, 6) is 0.231. The SMILES string of the molecule is COCCCN1C(=O)C(c2ccccc2)=C(N2CCN(c3ncccn3)CC2)C1=O. The van der Waals surface area contributed by atoms with Gasteiger partial charge in [0, 0.05) is 58.8 Å². The highest BCUT2D eigenvalue weighted by atomic mass is 16.5. The molecule has 0 N–H and O–H groups in total. The Labute approximate surface area is 175 Å². The minimum Gasteiger partial charge on any atom is -0.385 e. The maximum absolute atomic E-state index is 13.3. The Balaban J connectivity index is 1.59. The average Bonchev–Trinajstić information content (AvgIpc) is 3.05. The van der Waals surface area contributed by atoms with E-state index in [-0.39, 0.29) is 11.8 Å². The van der Waals surface area contributed by atoms with Crippen LogP contribution in [0.4, 0.5) is 5.95 Å². The van der Waals surface area contributed by atoms with Gasteiger partial charge in [-0.3, -0.25) is 14.5 Å². The fraction of sp³-hybridized carbons (Fsp3) is 0.364. The second-order valence-electron chi connectivity index (χ2n) is 7.22. The lowest BCUT2D eigenvalue weighted by Crippen LogP contribution is -2.48. The molecule has 8 heteroatoms. The molecule has 4 rings (SSSR count). The third-order valence-electron chi connectivity index (χ3n) is 5.37. The zero-order valence-electron chi connectivity index (χ0n) is 17.0. The van der Waals surface area contributed by atoms with Crippen LogP contribution in [0, 0.1) is 0 Å². The molecule has 1 saturated heterocycles. The summed E-state index contributed by atoms with van der Waals surface area (Å²) in [5, 5.41) is 0. The molecule has 1 aromatic carbocycles. The number of aromatic nitrogens is 2. The number of amides is 2. The van der Waals surface area contributed by atoms with Crippen molar-refractivity contribution in [3.63, 3.8) is 0 Å². The standard InChI is InChI=1S/C22H25N5O3/c1-30-16-6-11-27-20(28)18(17-7-3-2-4-8-17)19(21(27)29)25-12-14-26(15-13-25)22-23-9-5-10-24-22/h2-5,7-10H,6,11-16H2,1H3. The second kappa shape index (κ2) is 9.04. The van der Waals surface area contributed by atoms with Crippen molar-refractivity contribution in [3.8, 4) is 0 Å². The molecule has 0 unspecified atom stereocenters. The van der Waals surface area contributed by atoms with E-state index in [0.717, 1.165) is 5.56 Å². The van der Waals surface area contributed by atoms with Crippen LogP contribution in [0.3, 0.4) is 0 Å². The molecular weight excluding hydrogens is 382 g/mol. The van der Waals surface area contributed by atoms with Crippen LogP contribution in [-0.4, -0.2) is 78.0 Å². The lowest BCUT2D eigenvalue weighted by Gasteiger charge is -2.36. The Morgan fingerprint density at radius 3 is 2.23 bits per heavy atom. The van der Waals surface area contributed by atoms with E-state index in [1.807, 2.05) is 35.2 Å². The monoisotopic (exact) mass is 407 g/mol. The molecule has 0 radical (unpaired) electrons. The second-order valence-corrected chi connectivity index (χ2v) is 7.22. The minimum atomic E-state index is -0.230.